The minimum absolute atomic E-state index is 0.688. The number of nitrogens with zero attached hydrogens (tertiary/aromatic N) is 3. The lowest BCUT2D eigenvalue weighted by atomic mass is 9.93. The number of aromatic nitrogens is 3. The van der Waals surface area contributed by atoms with Crippen LogP contribution in [0.4, 0.5) is 0 Å². The number of rotatable bonds is 6. The number of furan rings is 1. The maximum atomic E-state index is 6.43. The highest BCUT2D eigenvalue weighted by Gasteiger charge is 2.21. The van der Waals surface area contributed by atoms with Crippen LogP contribution in [0.15, 0.2) is 241 Å². The van der Waals surface area contributed by atoms with E-state index in [4.69, 9.17) is 14.4 Å². The maximum absolute atomic E-state index is 6.43. The molecule has 0 amide bonds. The number of fused-ring (bicyclic) bond motifs is 11. The molecular formula is C64H39N3O. The van der Waals surface area contributed by atoms with Crippen molar-refractivity contribution in [3.8, 4) is 61.7 Å². The monoisotopic (exact) mass is 865 g/mol. The molecule has 4 nitrogen and oxygen atoms in total. The number of para-hydroxylation sites is 2. The van der Waals surface area contributed by atoms with Gasteiger partial charge >= 0.3 is 0 Å². The first-order valence-electron chi connectivity index (χ1n) is 23.1. The van der Waals surface area contributed by atoms with E-state index in [1.807, 2.05) is 18.2 Å². The Labute approximate surface area is 391 Å². The number of hydrogen-bond acceptors (Lipinski definition) is 3. The number of benzene rings is 11. The molecule has 0 fully saturated rings. The summed E-state index contributed by atoms with van der Waals surface area (Å²) in [6, 6.07) is 84.5. The van der Waals surface area contributed by atoms with Gasteiger partial charge in [0.1, 0.15) is 11.2 Å². The first-order valence-corrected chi connectivity index (χ1v) is 23.1. The van der Waals surface area contributed by atoms with Gasteiger partial charge in [-0.3, -0.25) is 0 Å². The Hall–Kier alpha value is -9.12. The lowest BCUT2D eigenvalue weighted by Gasteiger charge is -2.13. The molecule has 4 heteroatoms. The van der Waals surface area contributed by atoms with Gasteiger partial charge in [0, 0.05) is 43.7 Å². The van der Waals surface area contributed by atoms with Crippen molar-refractivity contribution in [3.63, 3.8) is 0 Å². The van der Waals surface area contributed by atoms with E-state index in [0.717, 1.165) is 83.1 Å². The lowest BCUT2D eigenvalue weighted by molar-refractivity contribution is 0.669. The summed E-state index contributed by atoms with van der Waals surface area (Å²) in [6.45, 7) is 0. The quantitative estimate of drug-likeness (QED) is 0.167. The third kappa shape index (κ3) is 6.08. The van der Waals surface area contributed by atoms with Crippen molar-refractivity contribution in [1.82, 2.24) is 14.5 Å². The van der Waals surface area contributed by atoms with Crippen LogP contribution >= 0.6 is 0 Å². The van der Waals surface area contributed by atoms with E-state index >= 15 is 0 Å². The Morgan fingerprint density at radius 1 is 0.324 bits per heavy atom. The number of hydrogen-bond donors (Lipinski definition) is 0. The third-order valence-corrected chi connectivity index (χ3v) is 13.8. The average Bonchev–Trinajstić information content (AvgIpc) is 3.96. The second-order valence-corrected chi connectivity index (χ2v) is 17.7. The van der Waals surface area contributed by atoms with Crippen LogP contribution in [0.5, 0.6) is 0 Å². The highest BCUT2D eigenvalue weighted by atomic mass is 16.3. The molecule has 0 aliphatic carbocycles. The summed E-state index contributed by atoms with van der Waals surface area (Å²) in [6.07, 6.45) is 0. The van der Waals surface area contributed by atoms with Crippen molar-refractivity contribution >= 4 is 76.2 Å². The third-order valence-electron chi connectivity index (χ3n) is 13.8. The molecule has 0 spiro atoms. The van der Waals surface area contributed by atoms with E-state index in [1.165, 1.54) is 49.0 Å². The fourth-order valence-corrected chi connectivity index (χ4v) is 10.5. The maximum Gasteiger partial charge on any atom is 0.160 e. The van der Waals surface area contributed by atoms with Gasteiger partial charge in [-0.1, -0.05) is 176 Å². The Bertz CT molecular complexity index is 4280. The fraction of sp³-hybridized carbons (Fsp3) is 0. The van der Waals surface area contributed by atoms with Crippen LogP contribution in [0.1, 0.15) is 0 Å². The van der Waals surface area contributed by atoms with Gasteiger partial charge in [-0.2, -0.15) is 0 Å². The van der Waals surface area contributed by atoms with E-state index in [0.29, 0.717) is 5.82 Å². The molecule has 14 aromatic rings. The molecule has 0 bridgehead atoms. The molecule has 0 unspecified atom stereocenters. The van der Waals surface area contributed by atoms with E-state index < -0.39 is 0 Å². The van der Waals surface area contributed by atoms with Crippen LogP contribution in [0.3, 0.4) is 0 Å². The highest BCUT2D eigenvalue weighted by molar-refractivity contribution is 6.30. The van der Waals surface area contributed by atoms with Crippen LogP contribution < -0.4 is 0 Å². The van der Waals surface area contributed by atoms with Crippen LogP contribution in [0.2, 0.25) is 0 Å². The molecule has 3 heterocycles. The summed E-state index contributed by atoms with van der Waals surface area (Å²) in [5.74, 6) is 0.688. The molecule has 68 heavy (non-hydrogen) atoms. The summed E-state index contributed by atoms with van der Waals surface area (Å²) in [5, 5.41) is 10.6. The molecule has 14 rings (SSSR count). The van der Waals surface area contributed by atoms with Crippen molar-refractivity contribution in [2.75, 3.05) is 0 Å². The van der Waals surface area contributed by atoms with Gasteiger partial charge in [0.15, 0.2) is 5.82 Å². The van der Waals surface area contributed by atoms with Gasteiger partial charge < -0.3 is 8.98 Å². The van der Waals surface area contributed by atoms with Gasteiger partial charge in [-0.05, 0) is 116 Å². The second kappa shape index (κ2) is 15.2. The lowest BCUT2D eigenvalue weighted by Crippen LogP contribution is -1.97. The minimum Gasteiger partial charge on any atom is -0.456 e. The molecule has 0 saturated carbocycles. The van der Waals surface area contributed by atoms with Crippen molar-refractivity contribution in [2.45, 2.75) is 0 Å². The molecular weight excluding hydrogens is 827 g/mol. The van der Waals surface area contributed by atoms with Crippen molar-refractivity contribution in [2.24, 2.45) is 0 Å². The normalized spacial score (nSPS) is 11.8. The summed E-state index contributed by atoms with van der Waals surface area (Å²) in [4.78, 5) is 10.5. The molecule has 0 atom stereocenters. The van der Waals surface area contributed by atoms with Crippen LogP contribution in [0.25, 0.3) is 138 Å². The average molecular weight is 866 g/mol. The van der Waals surface area contributed by atoms with Gasteiger partial charge in [0.05, 0.1) is 22.2 Å². The van der Waals surface area contributed by atoms with E-state index in [1.54, 1.807) is 0 Å². The zero-order chi connectivity index (χ0) is 44.7. The van der Waals surface area contributed by atoms with Crippen LogP contribution in [0, 0.1) is 0 Å². The summed E-state index contributed by atoms with van der Waals surface area (Å²) in [5.41, 5.74) is 16.0. The first-order chi connectivity index (χ1) is 33.7. The molecule has 0 N–H and O–H groups in total. The van der Waals surface area contributed by atoms with E-state index in [9.17, 15) is 0 Å². The van der Waals surface area contributed by atoms with Gasteiger partial charge in [0.25, 0.3) is 0 Å². The highest BCUT2D eigenvalue weighted by Crippen LogP contribution is 2.45. The Morgan fingerprint density at radius 2 is 0.882 bits per heavy atom. The predicted octanol–water partition coefficient (Wildman–Crippen LogP) is 17.3. The van der Waals surface area contributed by atoms with Crippen molar-refractivity contribution < 1.29 is 4.42 Å². The standard InChI is InChI=1S/C64H39N3O/c1-2-12-40(13-3-1)41-22-24-42(25-23-41)43-26-28-45(29-27-43)63-54-19-8-10-20-56(54)65-64(66-63)46-30-34-48(35-31-46)67-57-37-33-44-14-4-5-15-49(44)61(57)62-53-18-7-6-16-50(53)55(39-58(62)67)47-32-36-52-51-17-9-11-21-59(51)68-60(52)38-47/h1-39H. The summed E-state index contributed by atoms with van der Waals surface area (Å²) >= 11 is 0. The van der Waals surface area contributed by atoms with Gasteiger partial charge in [-0.15, -0.1) is 0 Å². The first kappa shape index (κ1) is 38.2. The van der Waals surface area contributed by atoms with Gasteiger partial charge in [-0.25, -0.2) is 9.97 Å². The molecule has 0 aliphatic heterocycles. The van der Waals surface area contributed by atoms with Crippen molar-refractivity contribution in [1.29, 1.82) is 0 Å². The molecule has 0 aliphatic rings. The largest absolute Gasteiger partial charge is 0.456 e. The topological polar surface area (TPSA) is 43.9 Å². The van der Waals surface area contributed by atoms with Gasteiger partial charge in [0.2, 0.25) is 0 Å². The van der Waals surface area contributed by atoms with Crippen molar-refractivity contribution in [3.05, 3.63) is 237 Å². The zero-order valence-electron chi connectivity index (χ0n) is 36.8. The molecule has 3 aromatic heterocycles. The Morgan fingerprint density at radius 3 is 1.65 bits per heavy atom. The fourth-order valence-electron chi connectivity index (χ4n) is 10.5. The van der Waals surface area contributed by atoms with E-state index in [2.05, 4.69) is 223 Å². The summed E-state index contributed by atoms with van der Waals surface area (Å²) < 4.78 is 8.86. The predicted molar refractivity (Wildman–Crippen MR) is 283 cm³/mol. The Balaban J connectivity index is 0.895. The van der Waals surface area contributed by atoms with Crippen LogP contribution in [-0.4, -0.2) is 14.5 Å². The van der Waals surface area contributed by atoms with E-state index in [-0.39, 0.29) is 0 Å². The molecule has 316 valence electrons. The molecule has 11 aromatic carbocycles. The molecule has 0 radical (unpaired) electrons. The summed E-state index contributed by atoms with van der Waals surface area (Å²) in [7, 11) is 0. The minimum atomic E-state index is 0.688. The van der Waals surface area contributed by atoms with Crippen LogP contribution in [-0.2, 0) is 0 Å². The smallest absolute Gasteiger partial charge is 0.160 e. The SMILES string of the molecule is c1ccc(-c2ccc(-c3ccc(-c4nc(-c5ccc(-n6c7ccc8ccccc8c7c7c8ccccc8c(-c8ccc9c(c8)oc8ccccc89)cc76)cc5)nc5ccccc45)cc3)cc2)cc1. The zero-order valence-corrected chi connectivity index (χ0v) is 36.8. The molecule has 0 saturated heterocycles. The Kier molecular flexibility index (Phi) is 8.55. The second-order valence-electron chi connectivity index (χ2n) is 17.7.